The van der Waals surface area contributed by atoms with E-state index in [0.717, 1.165) is 39.0 Å². The van der Waals surface area contributed by atoms with Crippen LogP contribution in [0.3, 0.4) is 0 Å². The zero-order valence-corrected chi connectivity index (χ0v) is 32.4. The highest BCUT2D eigenvalue weighted by Gasteiger charge is 2.36. The molecule has 0 aliphatic heterocycles. The monoisotopic (exact) mass is 764 g/mol. The fourth-order valence-electron chi connectivity index (χ4n) is 9.01. The summed E-state index contributed by atoms with van der Waals surface area (Å²) in [6.45, 7) is 4.51. The summed E-state index contributed by atoms with van der Waals surface area (Å²) in [6, 6.07) is 47.8. The van der Waals surface area contributed by atoms with Gasteiger partial charge in [-0.25, -0.2) is 0 Å². The molecule has 0 N–H and O–H groups in total. The van der Waals surface area contributed by atoms with Crippen LogP contribution in [0.25, 0.3) is 72.0 Å². The van der Waals surface area contributed by atoms with Crippen molar-refractivity contribution in [1.82, 2.24) is 4.57 Å². The SMILES string of the molecule is [2H]c1c([2H])c([2H])c(-c2cccc(-c3c([2H])c([2H])c([2H])c([2H])c3[2H])c2-n2c3ccccc3c3ccc(N(c4ccc(-c5ccccc5)cc4)c4ccc5c(c4)C(C)(C)c4ccccc4-5)cc32)c([2H])c1[2H]. The molecule has 10 aromatic rings. The zero-order chi connectivity index (χ0) is 48.2. The van der Waals surface area contributed by atoms with Gasteiger partial charge < -0.3 is 9.47 Å². The first-order chi connectivity index (χ1) is 33.2. The first-order valence-electron chi connectivity index (χ1n) is 24.7. The van der Waals surface area contributed by atoms with Gasteiger partial charge in [0.1, 0.15) is 0 Å². The van der Waals surface area contributed by atoms with Gasteiger partial charge >= 0.3 is 0 Å². The molecular formula is C57H42N2. The van der Waals surface area contributed by atoms with Crippen LogP contribution in [0.1, 0.15) is 38.7 Å². The van der Waals surface area contributed by atoms with Gasteiger partial charge in [-0.15, -0.1) is 0 Å². The van der Waals surface area contributed by atoms with Gasteiger partial charge in [-0.3, -0.25) is 0 Å². The Morgan fingerprint density at radius 2 is 0.949 bits per heavy atom. The molecule has 0 unspecified atom stereocenters. The van der Waals surface area contributed by atoms with Crippen LogP contribution in [0.5, 0.6) is 0 Å². The van der Waals surface area contributed by atoms with Crippen LogP contribution < -0.4 is 4.90 Å². The topological polar surface area (TPSA) is 8.17 Å². The Bertz CT molecular complexity index is 3620. The predicted octanol–water partition coefficient (Wildman–Crippen LogP) is 15.6. The van der Waals surface area contributed by atoms with E-state index in [0.29, 0.717) is 11.0 Å². The second-order valence-corrected chi connectivity index (χ2v) is 15.4. The van der Waals surface area contributed by atoms with Crippen molar-refractivity contribution in [3.05, 3.63) is 229 Å². The molecule has 11 rings (SSSR count). The van der Waals surface area contributed by atoms with E-state index < -0.39 is 60.4 Å². The van der Waals surface area contributed by atoms with Crippen molar-refractivity contribution in [2.24, 2.45) is 0 Å². The number of nitrogens with zero attached hydrogens (tertiary/aromatic N) is 2. The molecule has 0 fully saturated rings. The number of anilines is 3. The van der Waals surface area contributed by atoms with Gasteiger partial charge in [-0.05, 0) is 87.0 Å². The minimum absolute atomic E-state index is 0.0887. The molecule has 1 heterocycles. The van der Waals surface area contributed by atoms with Crippen LogP contribution in [-0.2, 0) is 5.41 Å². The van der Waals surface area contributed by atoms with Crippen LogP contribution in [0.15, 0.2) is 218 Å². The van der Waals surface area contributed by atoms with E-state index in [1.807, 2.05) is 47.0 Å². The molecule has 0 amide bonds. The Morgan fingerprint density at radius 1 is 0.407 bits per heavy atom. The van der Waals surface area contributed by atoms with Gasteiger partial charge in [0.2, 0.25) is 0 Å². The van der Waals surface area contributed by atoms with Crippen LogP contribution in [0, 0.1) is 0 Å². The maximum Gasteiger partial charge on any atom is 0.0629 e. The van der Waals surface area contributed by atoms with Gasteiger partial charge in [-0.2, -0.15) is 0 Å². The molecule has 1 aliphatic carbocycles. The highest BCUT2D eigenvalue weighted by molar-refractivity contribution is 6.11. The number of fused-ring (bicyclic) bond motifs is 6. The summed E-state index contributed by atoms with van der Waals surface area (Å²) in [7, 11) is 0. The number of benzene rings is 9. The lowest BCUT2D eigenvalue weighted by Gasteiger charge is -2.28. The highest BCUT2D eigenvalue weighted by atomic mass is 15.1. The second kappa shape index (κ2) is 13.9. The summed E-state index contributed by atoms with van der Waals surface area (Å²) in [4.78, 5) is 2.22. The Labute approximate surface area is 360 Å². The summed E-state index contributed by atoms with van der Waals surface area (Å²) >= 11 is 0. The smallest absolute Gasteiger partial charge is 0.0629 e. The third-order valence-electron chi connectivity index (χ3n) is 11.8. The highest BCUT2D eigenvalue weighted by Crippen LogP contribution is 2.51. The van der Waals surface area contributed by atoms with Crippen LogP contribution in [0.4, 0.5) is 17.1 Å². The molecule has 2 nitrogen and oxygen atoms in total. The number of hydrogen-bond acceptors (Lipinski definition) is 1. The third kappa shape index (κ3) is 5.71. The Balaban J connectivity index is 1.23. The molecule has 280 valence electrons. The minimum Gasteiger partial charge on any atom is -0.310 e. The normalized spacial score (nSPS) is 15.1. The lowest BCUT2D eigenvalue weighted by Crippen LogP contribution is -2.16. The molecule has 1 aliphatic rings. The molecule has 2 heteroatoms. The molecule has 1 aromatic heterocycles. The number of aromatic nitrogens is 1. The third-order valence-corrected chi connectivity index (χ3v) is 11.8. The Morgan fingerprint density at radius 3 is 1.68 bits per heavy atom. The van der Waals surface area contributed by atoms with E-state index in [1.165, 1.54) is 22.3 Å². The molecule has 0 bridgehead atoms. The quantitative estimate of drug-likeness (QED) is 0.157. The summed E-state index contributed by atoms with van der Waals surface area (Å²) in [6.07, 6.45) is 0. The molecule has 0 saturated carbocycles. The van der Waals surface area contributed by atoms with Crippen molar-refractivity contribution in [3.63, 3.8) is 0 Å². The molecule has 59 heavy (non-hydrogen) atoms. The van der Waals surface area contributed by atoms with E-state index >= 15 is 0 Å². The van der Waals surface area contributed by atoms with Crippen LogP contribution >= 0.6 is 0 Å². The first kappa shape index (κ1) is 25.8. The number of rotatable bonds is 7. The van der Waals surface area contributed by atoms with Crippen LogP contribution in [0.2, 0.25) is 0 Å². The average Bonchev–Trinajstić information content (AvgIpc) is 3.81. The average molecular weight is 765 g/mol. The summed E-state index contributed by atoms with van der Waals surface area (Å²) in [5.41, 5.74) is 11.2. The van der Waals surface area contributed by atoms with E-state index in [2.05, 4.69) is 116 Å². The minimum atomic E-state index is -0.547. The second-order valence-electron chi connectivity index (χ2n) is 15.4. The van der Waals surface area contributed by atoms with Gasteiger partial charge in [0.15, 0.2) is 0 Å². The zero-order valence-electron chi connectivity index (χ0n) is 42.4. The predicted molar refractivity (Wildman–Crippen MR) is 249 cm³/mol. The molecule has 9 aromatic carbocycles. The van der Waals surface area contributed by atoms with Crippen molar-refractivity contribution in [3.8, 4) is 50.2 Å². The van der Waals surface area contributed by atoms with Crippen molar-refractivity contribution in [2.45, 2.75) is 19.3 Å². The van der Waals surface area contributed by atoms with Crippen LogP contribution in [-0.4, -0.2) is 4.57 Å². The molecule has 0 radical (unpaired) electrons. The molecule has 0 atom stereocenters. The van der Waals surface area contributed by atoms with Gasteiger partial charge in [0.05, 0.1) is 30.4 Å². The van der Waals surface area contributed by atoms with E-state index in [9.17, 15) is 5.48 Å². The summed E-state index contributed by atoms with van der Waals surface area (Å²) in [5, 5.41) is 1.68. The lowest BCUT2D eigenvalue weighted by atomic mass is 9.82. The number of hydrogen-bond donors (Lipinski definition) is 0. The molecule has 0 saturated heterocycles. The van der Waals surface area contributed by atoms with E-state index in [1.54, 1.807) is 18.2 Å². The van der Waals surface area contributed by atoms with E-state index in [4.69, 9.17) is 8.22 Å². The van der Waals surface area contributed by atoms with Gasteiger partial charge in [-0.1, -0.05) is 190 Å². The Kier molecular flexibility index (Phi) is 6.07. The van der Waals surface area contributed by atoms with Crippen molar-refractivity contribution < 1.29 is 13.7 Å². The first-order valence-corrected chi connectivity index (χ1v) is 19.7. The largest absolute Gasteiger partial charge is 0.310 e. The van der Waals surface area contributed by atoms with Gasteiger partial charge in [0.25, 0.3) is 0 Å². The standard InChI is InChI=1S/C57H42N2/c1-57(2)52-27-14-12-23-48(52)49-35-33-44(37-53(49)57)58(43-31-29-40(30-32-43)39-17-6-3-7-18-39)45-34-36-51-50-24-13-15-28-54(50)59(55(51)38-45)56-46(41-19-8-4-9-20-41)25-16-26-47(56)42-21-10-5-11-22-42/h3-38H,1-2H3/i4D,5D,8D,9D,10D,11D,19D,20D,21D,22D. The lowest BCUT2D eigenvalue weighted by molar-refractivity contribution is 0.660. The maximum absolute atomic E-state index is 9.20. The Hall–Kier alpha value is -7.42. The van der Waals surface area contributed by atoms with Crippen molar-refractivity contribution in [1.29, 1.82) is 0 Å². The fraction of sp³-hybridized carbons (Fsp3) is 0.0526. The summed E-state index contributed by atoms with van der Waals surface area (Å²) < 4.78 is 90.5. The fourth-order valence-corrected chi connectivity index (χ4v) is 9.01. The molecular weight excluding hydrogens is 713 g/mol. The van der Waals surface area contributed by atoms with E-state index in [-0.39, 0.29) is 33.4 Å². The summed E-state index contributed by atoms with van der Waals surface area (Å²) in [5.74, 6) is 0. The van der Waals surface area contributed by atoms with Crippen molar-refractivity contribution in [2.75, 3.05) is 4.90 Å². The maximum atomic E-state index is 9.20. The van der Waals surface area contributed by atoms with Gasteiger partial charge in [0, 0.05) is 44.4 Å². The number of para-hydroxylation sites is 2. The molecule has 0 spiro atoms. The van der Waals surface area contributed by atoms with Crippen molar-refractivity contribution >= 4 is 38.9 Å².